The SMILES string of the molecule is COc1ccc(-c2cc(COCc3cn(-c4ccc(Cl)cc4)nn3)c3ccc4ccccc4c3n2)cc1. The van der Waals surface area contributed by atoms with Crippen molar-refractivity contribution < 1.29 is 9.47 Å². The van der Waals surface area contributed by atoms with Crippen LogP contribution in [0.3, 0.4) is 0 Å². The molecule has 2 heterocycles. The molecule has 6 nitrogen and oxygen atoms in total. The summed E-state index contributed by atoms with van der Waals surface area (Å²) in [6.07, 6.45) is 1.87. The number of hydrogen-bond acceptors (Lipinski definition) is 5. The summed E-state index contributed by atoms with van der Waals surface area (Å²) in [5.41, 5.74) is 5.56. The highest BCUT2D eigenvalue weighted by atomic mass is 35.5. The van der Waals surface area contributed by atoms with Crippen molar-refractivity contribution in [2.45, 2.75) is 13.2 Å². The van der Waals surface area contributed by atoms with Crippen LogP contribution in [0, 0.1) is 0 Å². The number of aromatic nitrogens is 4. The standard InChI is InChI=1S/C30H23ClN4O2/c1-36-26-13-6-21(7-14-26)29-16-22(28-15-8-20-4-2-3-5-27(20)30(28)32-29)18-37-19-24-17-35(34-33-24)25-11-9-23(31)10-12-25/h2-17H,18-19H2,1H3. The van der Waals surface area contributed by atoms with Crippen molar-refractivity contribution in [2.75, 3.05) is 7.11 Å². The zero-order valence-electron chi connectivity index (χ0n) is 20.1. The largest absolute Gasteiger partial charge is 0.497 e. The van der Waals surface area contributed by atoms with Gasteiger partial charge in [-0.25, -0.2) is 9.67 Å². The van der Waals surface area contributed by atoms with Crippen LogP contribution in [0.15, 0.2) is 97.2 Å². The van der Waals surface area contributed by atoms with Gasteiger partial charge in [-0.15, -0.1) is 5.10 Å². The van der Waals surface area contributed by atoms with Gasteiger partial charge in [0.05, 0.1) is 43.4 Å². The molecule has 0 aliphatic rings. The first-order valence-electron chi connectivity index (χ1n) is 11.9. The Labute approximate surface area is 219 Å². The predicted molar refractivity (Wildman–Crippen MR) is 146 cm³/mol. The van der Waals surface area contributed by atoms with Crippen molar-refractivity contribution >= 4 is 33.3 Å². The lowest BCUT2D eigenvalue weighted by atomic mass is 10.0. The summed E-state index contributed by atoms with van der Waals surface area (Å²) in [5.74, 6) is 0.810. The molecule has 6 aromatic rings. The van der Waals surface area contributed by atoms with Crippen LogP contribution in [0.5, 0.6) is 5.75 Å². The number of hydrogen-bond donors (Lipinski definition) is 0. The number of nitrogens with zero attached hydrogens (tertiary/aromatic N) is 4. The number of pyridine rings is 1. The smallest absolute Gasteiger partial charge is 0.118 e. The minimum Gasteiger partial charge on any atom is -0.497 e. The molecular formula is C30H23ClN4O2. The summed E-state index contributed by atoms with van der Waals surface area (Å²) >= 11 is 5.99. The van der Waals surface area contributed by atoms with E-state index in [4.69, 9.17) is 26.1 Å². The second kappa shape index (κ2) is 10.0. The van der Waals surface area contributed by atoms with Crippen molar-refractivity contribution in [3.8, 4) is 22.7 Å². The zero-order chi connectivity index (χ0) is 25.2. The molecule has 0 fully saturated rings. The van der Waals surface area contributed by atoms with E-state index in [2.05, 4.69) is 40.6 Å². The molecule has 0 amide bonds. The fourth-order valence-corrected chi connectivity index (χ4v) is 4.54. The molecule has 182 valence electrons. The second-order valence-electron chi connectivity index (χ2n) is 8.70. The fourth-order valence-electron chi connectivity index (χ4n) is 4.41. The Bertz CT molecular complexity index is 1700. The molecule has 6 rings (SSSR count). The van der Waals surface area contributed by atoms with E-state index in [-0.39, 0.29) is 0 Å². The maximum atomic E-state index is 6.14. The summed E-state index contributed by atoms with van der Waals surface area (Å²) in [7, 11) is 1.67. The molecule has 37 heavy (non-hydrogen) atoms. The Kier molecular flexibility index (Phi) is 6.26. The van der Waals surface area contributed by atoms with Gasteiger partial charge in [-0.1, -0.05) is 53.2 Å². The minimum absolute atomic E-state index is 0.336. The van der Waals surface area contributed by atoms with E-state index in [1.807, 2.05) is 66.9 Å². The number of fused-ring (bicyclic) bond motifs is 3. The monoisotopic (exact) mass is 506 g/mol. The predicted octanol–water partition coefficient (Wildman–Crippen LogP) is 7.01. The van der Waals surface area contributed by atoms with Gasteiger partial charge in [-0.3, -0.25) is 0 Å². The van der Waals surface area contributed by atoms with Crippen molar-refractivity contribution in [1.82, 2.24) is 20.0 Å². The molecule has 0 bridgehead atoms. The molecule has 0 unspecified atom stereocenters. The van der Waals surface area contributed by atoms with E-state index in [1.165, 1.54) is 0 Å². The average Bonchev–Trinajstić information content (AvgIpc) is 3.42. The molecule has 0 aliphatic heterocycles. The van der Waals surface area contributed by atoms with Crippen LogP contribution in [0.25, 0.3) is 38.6 Å². The summed E-state index contributed by atoms with van der Waals surface area (Å²) in [4.78, 5) is 5.07. The topological polar surface area (TPSA) is 62.1 Å². The number of halogens is 1. The maximum Gasteiger partial charge on any atom is 0.118 e. The molecule has 0 saturated carbocycles. The fraction of sp³-hybridized carbons (Fsp3) is 0.100. The maximum absolute atomic E-state index is 6.14. The van der Waals surface area contributed by atoms with Gasteiger partial charge in [0, 0.05) is 21.4 Å². The van der Waals surface area contributed by atoms with E-state index in [1.54, 1.807) is 11.8 Å². The quantitative estimate of drug-likeness (QED) is 0.218. The van der Waals surface area contributed by atoms with Gasteiger partial charge in [0.25, 0.3) is 0 Å². The Balaban J connectivity index is 1.31. The minimum atomic E-state index is 0.336. The van der Waals surface area contributed by atoms with Gasteiger partial charge in [-0.05, 0) is 65.5 Å². The third-order valence-corrected chi connectivity index (χ3v) is 6.57. The third-order valence-electron chi connectivity index (χ3n) is 6.32. The lowest BCUT2D eigenvalue weighted by molar-refractivity contribution is 0.105. The molecule has 4 aromatic carbocycles. The molecule has 2 aromatic heterocycles. The molecule has 0 radical (unpaired) electrons. The first-order valence-corrected chi connectivity index (χ1v) is 12.3. The Morgan fingerprint density at radius 2 is 1.65 bits per heavy atom. The van der Waals surface area contributed by atoms with Crippen LogP contribution in [-0.4, -0.2) is 27.1 Å². The van der Waals surface area contributed by atoms with Crippen molar-refractivity contribution in [1.29, 1.82) is 0 Å². The Morgan fingerprint density at radius 3 is 2.46 bits per heavy atom. The van der Waals surface area contributed by atoms with Gasteiger partial charge < -0.3 is 9.47 Å². The van der Waals surface area contributed by atoms with Crippen LogP contribution in [0.2, 0.25) is 5.02 Å². The highest BCUT2D eigenvalue weighted by Gasteiger charge is 2.12. The van der Waals surface area contributed by atoms with Gasteiger partial charge in [0.1, 0.15) is 11.4 Å². The first kappa shape index (κ1) is 23.2. The third kappa shape index (κ3) is 4.77. The Morgan fingerprint density at radius 1 is 0.838 bits per heavy atom. The van der Waals surface area contributed by atoms with Gasteiger partial charge in [-0.2, -0.15) is 0 Å². The van der Waals surface area contributed by atoms with E-state index in [9.17, 15) is 0 Å². The van der Waals surface area contributed by atoms with Crippen LogP contribution < -0.4 is 4.74 Å². The average molecular weight is 507 g/mol. The summed E-state index contributed by atoms with van der Waals surface area (Å²) in [6.45, 7) is 0.747. The lowest BCUT2D eigenvalue weighted by Gasteiger charge is -2.12. The highest BCUT2D eigenvalue weighted by molar-refractivity contribution is 6.30. The number of rotatable bonds is 7. The van der Waals surface area contributed by atoms with Crippen LogP contribution in [0.1, 0.15) is 11.3 Å². The van der Waals surface area contributed by atoms with Gasteiger partial charge in [0.2, 0.25) is 0 Å². The summed E-state index contributed by atoms with van der Waals surface area (Å²) in [6, 6.07) is 30.1. The van der Waals surface area contributed by atoms with Crippen molar-refractivity contribution in [3.05, 3.63) is 113 Å². The highest BCUT2D eigenvalue weighted by Crippen LogP contribution is 2.31. The molecule has 0 spiro atoms. The summed E-state index contributed by atoms with van der Waals surface area (Å²) in [5, 5.41) is 12.5. The second-order valence-corrected chi connectivity index (χ2v) is 9.14. The van der Waals surface area contributed by atoms with E-state index < -0.39 is 0 Å². The van der Waals surface area contributed by atoms with Crippen LogP contribution in [0.4, 0.5) is 0 Å². The normalized spacial score (nSPS) is 11.3. The van der Waals surface area contributed by atoms with Gasteiger partial charge in [0.15, 0.2) is 0 Å². The number of ether oxygens (including phenoxy) is 2. The van der Waals surface area contributed by atoms with E-state index in [0.29, 0.717) is 18.2 Å². The van der Waals surface area contributed by atoms with Gasteiger partial charge >= 0.3 is 0 Å². The molecular weight excluding hydrogens is 484 g/mol. The summed E-state index contributed by atoms with van der Waals surface area (Å²) < 4.78 is 13.2. The molecule has 0 saturated heterocycles. The van der Waals surface area contributed by atoms with Crippen LogP contribution in [-0.2, 0) is 18.0 Å². The first-order chi connectivity index (χ1) is 18.2. The van der Waals surface area contributed by atoms with Crippen molar-refractivity contribution in [2.24, 2.45) is 0 Å². The number of methoxy groups -OCH3 is 1. The van der Waals surface area contributed by atoms with Crippen LogP contribution >= 0.6 is 11.6 Å². The molecule has 7 heteroatoms. The molecule has 0 aliphatic carbocycles. The van der Waals surface area contributed by atoms with Crippen molar-refractivity contribution in [3.63, 3.8) is 0 Å². The Hall–Kier alpha value is -4.26. The molecule has 0 N–H and O–H groups in total. The van der Waals surface area contributed by atoms with E-state index in [0.717, 1.165) is 55.6 Å². The zero-order valence-corrected chi connectivity index (χ0v) is 20.9. The molecule has 0 atom stereocenters. The number of benzene rings is 4. The lowest BCUT2D eigenvalue weighted by Crippen LogP contribution is -1.98. The van der Waals surface area contributed by atoms with E-state index >= 15 is 0 Å².